The summed E-state index contributed by atoms with van der Waals surface area (Å²) in [6.45, 7) is 3.64. The normalized spacial score (nSPS) is 12.3. The van der Waals surface area contributed by atoms with E-state index in [9.17, 15) is 22.8 Å². The topological polar surface area (TPSA) is 76.9 Å². The summed E-state index contributed by atoms with van der Waals surface area (Å²) >= 11 is 0. The highest BCUT2D eigenvalue weighted by atomic mass is 19.4. The van der Waals surface area contributed by atoms with Crippen molar-refractivity contribution in [2.24, 2.45) is 5.41 Å². The molecule has 1 N–H and O–H groups in total. The Kier molecular flexibility index (Phi) is 4.51. The van der Waals surface area contributed by atoms with Crippen molar-refractivity contribution in [3.05, 3.63) is 11.9 Å². The van der Waals surface area contributed by atoms with Crippen molar-refractivity contribution in [1.29, 1.82) is 0 Å². The smallest absolute Gasteiger partial charge is 0.341 e. The number of Topliss-reactive ketones (excluding diaryl/α,β-unsaturated/α-hetero) is 1. The van der Waals surface area contributed by atoms with E-state index >= 15 is 0 Å². The van der Waals surface area contributed by atoms with E-state index in [1.807, 2.05) is 0 Å². The van der Waals surface area contributed by atoms with Crippen LogP contribution in [0.25, 0.3) is 0 Å². The van der Waals surface area contributed by atoms with Crippen molar-refractivity contribution in [1.82, 2.24) is 20.3 Å². The fraction of sp³-hybridized carbons (Fsp3) is 0.636. The monoisotopic (exact) mass is 292 g/mol. The van der Waals surface area contributed by atoms with Crippen LogP contribution in [0.1, 0.15) is 31.3 Å². The number of hydrogen-bond acceptors (Lipinski definition) is 4. The van der Waals surface area contributed by atoms with Crippen molar-refractivity contribution in [3.8, 4) is 0 Å². The van der Waals surface area contributed by atoms with Gasteiger partial charge in [0, 0.05) is 5.41 Å². The first kappa shape index (κ1) is 16.1. The van der Waals surface area contributed by atoms with Gasteiger partial charge in [-0.25, -0.2) is 4.68 Å². The number of nitrogens with zero attached hydrogens (tertiary/aromatic N) is 3. The highest BCUT2D eigenvalue weighted by molar-refractivity contribution is 5.92. The molecular formula is C11H15F3N4O2. The summed E-state index contributed by atoms with van der Waals surface area (Å²) < 4.78 is 36.9. The van der Waals surface area contributed by atoms with Crippen LogP contribution < -0.4 is 5.32 Å². The first-order valence-electron chi connectivity index (χ1n) is 5.77. The molecule has 1 aromatic rings. The van der Waals surface area contributed by atoms with Crippen molar-refractivity contribution in [2.45, 2.75) is 33.5 Å². The Labute approximate surface area is 113 Å². The molecule has 0 aliphatic rings. The molecule has 0 atom stereocenters. The van der Waals surface area contributed by atoms with Gasteiger partial charge in [0.1, 0.15) is 13.1 Å². The summed E-state index contributed by atoms with van der Waals surface area (Å²) in [5, 5.41) is 8.64. The molecule has 0 aromatic carbocycles. The van der Waals surface area contributed by atoms with E-state index in [1.54, 1.807) is 26.1 Å². The lowest BCUT2D eigenvalue weighted by Gasteiger charge is -2.15. The Bertz CT molecular complexity index is 503. The second-order valence-corrected chi connectivity index (χ2v) is 5.27. The van der Waals surface area contributed by atoms with Crippen LogP contribution in [-0.4, -0.2) is 39.4 Å². The van der Waals surface area contributed by atoms with Gasteiger partial charge in [-0.3, -0.25) is 9.59 Å². The van der Waals surface area contributed by atoms with Gasteiger partial charge in [0.05, 0.1) is 6.20 Å². The van der Waals surface area contributed by atoms with Crippen LogP contribution in [-0.2, 0) is 11.3 Å². The zero-order chi connectivity index (χ0) is 15.6. The molecule has 112 valence electrons. The van der Waals surface area contributed by atoms with Crippen molar-refractivity contribution in [3.63, 3.8) is 0 Å². The molecule has 6 nitrogen and oxygen atoms in total. The quantitative estimate of drug-likeness (QED) is 0.904. The van der Waals surface area contributed by atoms with Crippen LogP contribution in [0.5, 0.6) is 0 Å². The van der Waals surface area contributed by atoms with Crippen LogP contribution in [0.2, 0.25) is 0 Å². The summed E-state index contributed by atoms with van der Waals surface area (Å²) in [5.41, 5.74) is -0.846. The number of hydrogen-bond donors (Lipinski definition) is 1. The lowest BCUT2D eigenvalue weighted by molar-refractivity contribution is -0.127. The molecule has 1 rings (SSSR count). The molecule has 0 fully saturated rings. The number of aromatic nitrogens is 3. The maximum Gasteiger partial charge on any atom is 0.405 e. The molecule has 1 amide bonds. The fourth-order valence-electron chi connectivity index (χ4n) is 1.14. The Hall–Kier alpha value is -1.93. The van der Waals surface area contributed by atoms with E-state index in [1.165, 1.54) is 0 Å². The second-order valence-electron chi connectivity index (χ2n) is 5.27. The molecule has 1 heterocycles. The summed E-state index contributed by atoms with van der Waals surface area (Å²) in [6.07, 6.45) is -3.36. The van der Waals surface area contributed by atoms with Crippen molar-refractivity contribution < 1.29 is 22.8 Å². The molecular weight excluding hydrogens is 277 g/mol. The molecule has 0 aliphatic heterocycles. The van der Waals surface area contributed by atoms with Gasteiger partial charge < -0.3 is 5.32 Å². The Balaban J connectivity index is 2.64. The van der Waals surface area contributed by atoms with Gasteiger partial charge in [-0.15, -0.1) is 5.10 Å². The van der Waals surface area contributed by atoms with Crippen LogP contribution in [0.15, 0.2) is 6.20 Å². The molecule has 0 radical (unpaired) electrons. The highest BCUT2D eigenvalue weighted by Crippen LogP contribution is 2.15. The van der Waals surface area contributed by atoms with Gasteiger partial charge in [0.2, 0.25) is 0 Å². The zero-order valence-corrected chi connectivity index (χ0v) is 11.3. The van der Waals surface area contributed by atoms with E-state index in [0.717, 1.165) is 10.9 Å². The maximum absolute atomic E-state index is 11.9. The Morgan fingerprint density at radius 3 is 2.40 bits per heavy atom. The third-order valence-corrected chi connectivity index (χ3v) is 2.36. The standard InChI is InChI=1S/C11H15F3N4O2/c1-10(2,3)8(19)5-18-4-7(16-17-18)9(20)15-6-11(12,13)14/h4H,5-6H2,1-3H3,(H,15,20). The molecule has 9 heteroatoms. The van der Waals surface area contributed by atoms with Crippen LogP contribution in [0, 0.1) is 5.41 Å². The number of carbonyl (C=O) groups is 2. The highest BCUT2D eigenvalue weighted by Gasteiger charge is 2.28. The molecule has 1 aromatic heterocycles. The average molecular weight is 292 g/mol. The molecule has 0 bridgehead atoms. The summed E-state index contributed by atoms with van der Waals surface area (Å²) in [4.78, 5) is 23.1. The SMILES string of the molecule is CC(C)(C)C(=O)Cn1cc(C(=O)NCC(F)(F)F)nn1. The number of nitrogens with one attached hydrogen (secondary N) is 1. The Morgan fingerprint density at radius 2 is 1.90 bits per heavy atom. The molecule has 0 saturated carbocycles. The lowest BCUT2D eigenvalue weighted by atomic mass is 9.91. The van der Waals surface area contributed by atoms with Gasteiger partial charge in [-0.1, -0.05) is 26.0 Å². The molecule has 20 heavy (non-hydrogen) atoms. The van der Waals surface area contributed by atoms with Gasteiger partial charge in [0.15, 0.2) is 11.5 Å². The van der Waals surface area contributed by atoms with E-state index < -0.39 is 24.0 Å². The second kappa shape index (κ2) is 5.59. The Morgan fingerprint density at radius 1 is 1.30 bits per heavy atom. The third kappa shape index (κ3) is 4.98. The number of rotatable bonds is 4. The predicted molar refractivity (Wildman–Crippen MR) is 62.9 cm³/mol. The number of amides is 1. The summed E-state index contributed by atoms with van der Waals surface area (Å²) in [6, 6.07) is 0. The van der Waals surface area contributed by atoms with Gasteiger partial charge >= 0.3 is 6.18 Å². The minimum atomic E-state index is -4.49. The molecule has 0 saturated heterocycles. The minimum Gasteiger partial charge on any atom is -0.341 e. The van der Waals surface area contributed by atoms with Crippen LogP contribution in [0.3, 0.4) is 0 Å². The van der Waals surface area contributed by atoms with E-state index in [4.69, 9.17) is 0 Å². The minimum absolute atomic E-state index is 0.0942. The number of halogens is 3. The van der Waals surface area contributed by atoms with Crippen LogP contribution in [0.4, 0.5) is 13.2 Å². The fourth-order valence-corrected chi connectivity index (χ4v) is 1.14. The first-order valence-corrected chi connectivity index (χ1v) is 5.77. The molecule has 0 spiro atoms. The van der Waals surface area contributed by atoms with Gasteiger partial charge in [-0.05, 0) is 0 Å². The predicted octanol–water partition coefficient (Wildman–Crippen LogP) is 1.19. The number of carbonyl (C=O) groups excluding carboxylic acids is 2. The molecule has 0 unspecified atom stereocenters. The molecule has 0 aliphatic carbocycles. The van der Waals surface area contributed by atoms with Crippen LogP contribution >= 0.6 is 0 Å². The lowest BCUT2D eigenvalue weighted by Crippen LogP contribution is -2.33. The maximum atomic E-state index is 11.9. The number of ketones is 1. The van der Waals surface area contributed by atoms with E-state index in [-0.39, 0.29) is 18.0 Å². The van der Waals surface area contributed by atoms with Crippen molar-refractivity contribution in [2.75, 3.05) is 6.54 Å². The third-order valence-electron chi connectivity index (χ3n) is 2.36. The van der Waals surface area contributed by atoms with Crippen molar-refractivity contribution >= 4 is 11.7 Å². The van der Waals surface area contributed by atoms with E-state index in [0.29, 0.717) is 0 Å². The first-order chi connectivity index (χ1) is 8.99. The van der Waals surface area contributed by atoms with Gasteiger partial charge in [-0.2, -0.15) is 13.2 Å². The number of alkyl halides is 3. The zero-order valence-electron chi connectivity index (χ0n) is 11.3. The summed E-state index contributed by atoms with van der Waals surface area (Å²) in [7, 11) is 0. The summed E-state index contributed by atoms with van der Waals surface area (Å²) in [5.74, 6) is -1.12. The van der Waals surface area contributed by atoms with Gasteiger partial charge in [0.25, 0.3) is 5.91 Å². The average Bonchev–Trinajstić information content (AvgIpc) is 2.72. The van der Waals surface area contributed by atoms with E-state index in [2.05, 4.69) is 10.3 Å². The largest absolute Gasteiger partial charge is 0.405 e.